The van der Waals surface area contributed by atoms with E-state index in [1.807, 2.05) is 0 Å². The van der Waals surface area contributed by atoms with Crippen molar-refractivity contribution < 1.29 is 14.4 Å². The van der Waals surface area contributed by atoms with Crippen molar-refractivity contribution in [2.45, 2.75) is 6.92 Å². The zero-order valence-electron chi connectivity index (χ0n) is 14.5. The van der Waals surface area contributed by atoms with E-state index in [2.05, 4.69) is 5.32 Å². The van der Waals surface area contributed by atoms with E-state index in [1.165, 1.54) is 4.57 Å². The Labute approximate surface area is 158 Å². The van der Waals surface area contributed by atoms with Gasteiger partial charge in [0.05, 0.1) is 11.3 Å². The molecule has 0 saturated carbocycles. The summed E-state index contributed by atoms with van der Waals surface area (Å²) in [7, 11) is 1.59. The molecular weight excluding hydrogens is 364 g/mol. The zero-order chi connectivity index (χ0) is 19.3. The van der Waals surface area contributed by atoms with Crippen molar-refractivity contribution >= 4 is 34.5 Å². The van der Waals surface area contributed by atoms with Gasteiger partial charge in [0.15, 0.2) is 11.6 Å². The molecule has 0 atom stereocenters. The third kappa shape index (κ3) is 2.55. The van der Waals surface area contributed by atoms with Gasteiger partial charge >= 0.3 is 4.87 Å². The van der Waals surface area contributed by atoms with Gasteiger partial charge in [-0.15, -0.1) is 0 Å². The molecule has 1 aliphatic carbocycles. The van der Waals surface area contributed by atoms with Gasteiger partial charge in [-0.25, -0.2) is 0 Å². The molecule has 0 aliphatic heterocycles. The second-order valence-electron chi connectivity index (χ2n) is 6.23. The average molecular weight is 378 g/mol. The van der Waals surface area contributed by atoms with Gasteiger partial charge in [-0.05, 0) is 13.0 Å². The fourth-order valence-electron chi connectivity index (χ4n) is 3.16. The average Bonchev–Trinajstić information content (AvgIpc) is 2.93. The zero-order valence-corrected chi connectivity index (χ0v) is 15.3. The summed E-state index contributed by atoms with van der Waals surface area (Å²) in [5.41, 5.74) is 1.91. The molecule has 2 aromatic carbocycles. The molecule has 27 heavy (non-hydrogen) atoms. The molecule has 1 N–H and O–H groups in total. The highest BCUT2D eigenvalue weighted by Crippen LogP contribution is 2.32. The van der Waals surface area contributed by atoms with E-state index < -0.39 is 5.91 Å². The van der Waals surface area contributed by atoms with E-state index in [1.54, 1.807) is 56.4 Å². The minimum atomic E-state index is -0.484. The molecule has 3 aromatic rings. The highest BCUT2D eigenvalue weighted by molar-refractivity contribution is 7.11. The lowest BCUT2D eigenvalue weighted by Gasteiger charge is -2.20. The smallest absolute Gasteiger partial charge is 0.307 e. The van der Waals surface area contributed by atoms with Crippen molar-refractivity contribution in [3.63, 3.8) is 0 Å². The fraction of sp³-hybridized carbons (Fsp3) is 0.100. The molecule has 134 valence electrons. The molecule has 1 aliphatic rings. The van der Waals surface area contributed by atoms with Gasteiger partial charge < -0.3 is 9.88 Å². The van der Waals surface area contributed by atoms with Crippen molar-refractivity contribution in [2.24, 2.45) is 7.05 Å². The molecule has 1 heterocycles. The van der Waals surface area contributed by atoms with E-state index in [0.29, 0.717) is 16.8 Å². The summed E-state index contributed by atoms with van der Waals surface area (Å²) in [5.74, 6) is -1.05. The maximum Gasteiger partial charge on any atom is 0.307 e. The Morgan fingerprint density at radius 1 is 0.926 bits per heavy atom. The fourth-order valence-corrected chi connectivity index (χ4v) is 4.03. The normalized spacial score (nSPS) is 12.5. The molecule has 0 unspecified atom stereocenters. The van der Waals surface area contributed by atoms with Crippen molar-refractivity contribution in [2.75, 3.05) is 5.32 Å². The standard InChI is InChI=1S/C20H14N2O4S/c1-10-18(27-20(26)22(10)2)19(25)21-14-9-5-8-13-15(14)17(24)12-7-4-3-6-11(12)16(13)23/h3-9H,1-2H3,(H,21,25). The van der Waals surface area contributed by atoms with E-state index in [4.69, 9.17) is 0 Å². The van der Waals surface area contributed by atoms with Crippen molar-refractivity contribution in [1.82, 2.24) is 4.57 Å². The molecule has 7 heteroatoms. The lowest BCUT2D eigenvalue weighted by Crippen LogP contribution is -2.23. The van der Waals surface area contributed by atoms with E-state index in [9.17, 15) is 19.2 Å². The van der Waals surface area contributed by atoms with Crippen LogP contribution < -0.4 is 10.2 Å². The Kier molecular flexibility index (Phi) is 3.89. The monoisotopic (exact) mass is 378 g/mol. The van der Waals surface area contributed by atoms with Crippen LogP contribution in [-0.2, 0) is 7.05 Å². The molecule has 0 radical (unpaired) electrons. The molecule has 1 aromatic heterocycles. The number of anilines is 1. The van der Waals surface area contributed by atoms with Crippen LogP contribution in [0.4, 0.5) is 5.69 Å². The summed E-state index contributed by atoms with van der Waals surface area (Å²) >= 11 is 0.839. The SMILES string of the molecule is Cc1c(C(=O)Nc2cccc3c2C(=O)c2ccccc2C3=O)sc(=O)n1C. The van der Waals surface area contributed by atoms with Gasteiger partial charge in [0, 0.05) is 29.4 Å². The van der Waals surface area contributed by atoms with E-state index in [0.717, 1.165) is 11.3 Å². The first-order valence-corrected chi connectivity index (χ1v) is 9.01. The number of carbonyl (C=O) groups excluding carboxylic acids is 3. The summed E-state index contributed by atoms with van der Waals surface area (Å²) in [6, 6.07) is 11.4. The Morgan fingerprint density at radius 3 is 2.19 bits per heavy atom. The molecule has 0 saturated heterocycles. The maximum absolute atomic E-state index is 13.0. The number of amides is 1. The minimum Gasteiger partial charge on any atom is -0.321 e. The number of fused-ring (bicyclic) bond motifs is 2. The number of carbonyl (C=O) groups is 3. The van der Waals surface area contributed by atoms with Crippen LogP contribution >= 0.6 is 11.3 Å². The molecule has 0 fully saturated rings. The predicted molar refractivity (Wildman–Crippen MR) is 102 cm³/mol. The molecule has 0 spiro atoms. The summed E-state index contributed by atoms with van der Waals surface area (Å²) in [4.78, 5) is 50.2. The number of nitrogens with zero attached hydrogens (tertiary/aromatic N) is 1. The van der Waals surface area contributed by atoms with E-state index >= 15 is 0 Å². The first kappa shape index (κ1) is 17.1. The van der Waals surface area contributed by atoms with Crippen LogP contribution in [0, 0.1) is 6.92 Å². The van der Waals surface area contributed by atoms with Crippen molar-refractivity contribution in [1.29, 1.82) is 0 Å². The van der Waals surface area contributed by atoms with E-state index in [-0.39, 0.29) is 38.1 Å². The Bertz CT molecular complexity index is 1200. The number of hydrogen-bond donors (Lipinski definition) is 1. The van der Waals surface area contributed by atoms with Gasteiger partial charge in [-0.2, -0.15) is 0 Å². The summed E-state index contributed by atoms with van der Waals surface area (Å²) in [5, 5.41) is 2.70. The highest BCUT2D eigenvalue weighted by atomic mass is 32.1. The summed E-state index contributed by atoms with van der Waals surface area (Å²) in [6.07, 6.45) is 0. The van der Waals surface area contributed by atoms with Gasteiger partial charge in [-0.3, -0.25) is 19.2 Å². The first-order chi connectivity index (χ1) is 12.9. The minimum absolute atomic E-state index is 0.176. The van der Waals surface area contributed by atoms with Crippen LogP contribution in [-0.4, -0.2) is 22.0 Å². The number of thiazole rings is 1. The number of benzene rings is 2. The summed E-state index contributed by atoms with van der Waals surface area (Å²) < 4.78 is 1.39. The molecule has 0 bridgehead atoms. The Hall–Kier alpha value is -3.32. The van der Waals surface area contributed by atoms with Crippen LogP contribution in [0.3, 0.4) is 0 Å². The van der Waals surface area contributed by atoms with Crippen LogP contribution in [0.15, 0.2) is 47.3 Å². The number of rotatable bonds is 2. The number of nitrogens with one attached hydrogen (secondary N) is 1. The van der Waals surface area contributed by atoms with Crippen molar-refractivity contribution in [3.8, 4) is 0 Å². The van der Waals surface area contributed by atoms with Gasteiger partial charge in [0.1, 0.15) is 4.88 Å². The third-order valence-electron chi connectivity index (χ3n) is 4.70. The Balaban J connectivity index is 1.79. The van der Waals surface area contributed by atoms with Gasteiger partial charge in [-0.1, -0.05) is 47.7 Å². The quantitative estimate of drug-likeness (QED) is 0.581. The van der Waals surface area contributed by atoms with Crippen LogP contribution in [0.5, 0.6) is 0 Å². The van der Waals surface area contributed by atoms with Crippen LogP contribution in [0.1, 0.15) is 47.2 Å². The highest BCUT2D eigenvalue weighted by Gasteiger charge is 2.32. The second-order valence-corrected chi connectivity index (χ2v) is 7.19. The van der Waals surface area contributed by atoms with Crippen LogP contribution in [0.2, 0.25) is 0 Å². The number of hydrogen-bond acceptors (Lipinski definition) is 5. The predicted octanol–water partition coefficient (Wildman–Crippen LogP) is 2.78. The van der Waals surface area contributed by atoms with Crippen molar-refractivity contribution in [3.05, 3.63) is 85.0 Å². The third-order valence-corrected chi connectivity index (χ3v) is 5.84. The lowest BCUT2D eigenvalue weighted by atomic mass is 9.83. The van der Waals surface area contributed by atoms with Gasteiger partial charge in [0.25, 0.3) is 5.91 Å². The second kappa shape index (κ2) is 6.14. The van der Waals surface area contributed by atoms with Gasteiger partial charge in [0.2, 0.25) is 0 Å². The topological polar surface area (TPSA) is 85.2 Å². The number of ketones is 2. The molecule has 1 amide bonds. The molecule has 4 rings (SSSR count). The molecule has 6 nitrogen and oxygen atoms in total. The molecular formula is C20H14N2O4S. The maximum atomic E-state index is 13.0. The first-order valence-electron chi connectivity index (χ1n) is 8.19. The Morgan fingerprint density at radius 2 is 1.56 bits per heavy atom. The van der Waals surface area contributed by atoms with Crippen LogP contribution in [0.25, 0.3) is 0 Å². The summed E-state index contributed by atoms with van der Waals surface area (Å²) in [6.45, 7) is 1.68. The largest absolute Gasteiger partial charge is 0.321 e. The lowest BCUT2D eigenvalue weighted by molar-refractivity contribution is 0.0978. The number of aromatic nitrogens is 1.